The zero-order valence-electron chi connectivity index (χ0n) is 16.1. The van der Waals surface area contributed by atoms with Crippen LogP contribution >= 0.6 is 11.6 Å². The maximum absolute atomic E-state index is 12.7. The first-order valence-corrected chi connectivity index (χ1v) is 10.3. The number of fused-ring (bicyclic) bond motifs is 1. The average Bonchev–Trinajstić information content (AvgIpc) is 3.18. The Labute approximate surface area is 174 Å². The van der Waals surface area contributed by atoms with Crippen LogP contribution in [0.3, 0.4) is 0 Å². The fraction of sp³-hybridized carbons (Fsp3) is 0.304. The molecule has 0 saturated carbocycles. The van der Waals surface area contributed by atoms with Crippen molar-refractivity contribution in [1.29, 1.82) is 0 Å². The van der Waals surface area contributed by atoms with Crippen molar-refractivity contribution < 1.29 is 14.0 Å². The van der Waals surface area contributed by atoms with Crippen molar-refractivity contribution in [2.75, 3.05) is 19.6 Å². The molecule has 2 aromatic carbocycles. The lowest BCUT2D eigenvalue weighted by atomic mass is 9.96. The van der Waals surface area contributed by atoms with E-state index in [0.717, 1.165) is 29.4 Å². The Morgan fingerprint density at radius 3 is 2.52 bits per heavy atom. The Morgan fingerprint density at radius 2 is 1.79 bits per heavy atom. The summed E-state index contributed by atoms with van der Waals surface area (Å²) < 4.78 is 5.70. The summed E-state index contributed by atoms with van der Waals surface area (Å²) in [5.74, 6) is 0.712. The van der Waals surface area contributed by atoms with Gasteiger partial charge in [0, 0.05) is 30.0 Å². The topological polar surface area (TPSA) is 62.6 Å². The molecule has 1 saturated heterocycles. The van der Waals surface area contributed by atoms with E-state index in [2.05, 4.69) is 5.32 Å². The molecule has 3 aromatic rings. The van der Waals surface area contributed by atoms with E-state index in [0.29, 0.717) is 42.8 Å². The average molecular weight is 411 g/mol. The lowest BCUT2D eigenvalue weighted by Gasteiger charge is -2.31. The van der Waals surface area contributed by atoms with E-state index in [1.165, 1.54) is 0 Å². The van der Waals surface area contributed by atoms with Crippen LogP contribution in [-0.4, -0.2) is 36.3 Å². The molecule has 4 rings (SSSR count). The number of hydrogen-bond donors (Lipinski definition) is 1. The van der Waals surface area contributed by atoms with Crippen LogP contribution in [0.25, 0.3) is 11.0 Å². The number of hydrogen-bond acceptors (Lipinski definition) is 3. The number of halogens is 1. The van der Waals surface area contributed by atoms with Gasteiger partial charge in [-0.3, -0.25) is 9.59 Å². The molecular weight excluding hydrogens is 388 g/mol. The molecule has 1 aliphatic rings. The lowest BCUT2D eigenvalue weighted by Crippen LogP contribution is -2.41. The molecule has 2 heterocycles. The van der Waals surface area contributed by atoms with E-state index in [1.54, 1.807) is 18.2 Å². The molecule has 1 aromatic heterocycles. The Hall–Kier alpha value is -2.79. The molecular formula is C23H23ClN2O3. The summed E-state index contributed by atoms with van der Waals surface area (Å²) in [4.78, 5) is 26.7. The van der Waals surface area contributed by atoms with Crippen LogP contribution in [0, 0.1) is 5.92 Å². The first-order chi connectivity index (χ1) is 14.1. The summed E-state index contributed by atoms with van der Waals surface area (Å²) in [6.07, 6.45) is 2.08. The van der Waals surface area contributed by atoms with Crippen LogP contribution in [0.1, 0.15) is 29.0 Å². The van der Waals surface area contributed by atoms with E-state index in [4.69, 9.17) is 16.0 Å². The normalized spacial score (nSPS) is 14.9. The molecule has 0 aliphatic carbocycles. The first kappa shape index (κ1) is 19.5. The number of piperidine rings is 1. The minimum absolute atomic E-state index is 0.00750. The highest BCUT2D eigenvalue weighted by Crippen LogP contribution is 2.23. The zero-order valence-corrected chi connectivity index (χ0v) is 16.8. The number of nitrogens with one attached hydrogen (secondary N) is 1. The molecule has 1 fully saturated rings. The standard InChI is InChI=1S/C23H23ClN2O3/c24-19-7-5-16(6-8-19)13-22(27)25-15-17-9-11-26(12-10-17)23(28)21-14-18-3-1-2-4-20(18)29-21/h1-8,14,17H,9-13,15H2,(H,25,27). The van der Waals surface area contributed by atoms with E-state index in [1.807, 2.05) is 41.3 Å². The van der Waals surface area contributed by atoms with Gasteiger partial charge in [0.25, 0.3) is 5.91 Å². The largest absolute Gasteiger partial charge is 0.451 e. The monoisotopic (exact) mass is 410 g/mol. The van der Waals surface area contributed by atoms with Gasteiger partial charge >= 0.3 is 0 Å². The van der Waals surface area contributed by atoms with Gasteiger partial charge in [0.05, 0.1) is 6.42 Å². The predicted octanol–water partition coefficient (Wildman–Crippen LogP) is 4.30. The molecule has 0 spiro atoms. The number of carbonyl (C=O) groups is 2. The second-order valence-electron chi connectivity index (χ2n) is 7.49. The second kappa shape index (κ2) is 8.70. The van der Waals surface area contributed by atoms with Gasteiger partial charge < -0.3 is 14.6 Å². The molecule has 1 N–H and O–H groups in total. The highest BCUT2D eigenvalue weighted by atomic mass is 35.5. The summed E-state index contributed by atoms with van der Waals surface area (Å²) in [7, 11) is 0. The molecule has 5 nitrogen and oxygen atoms in total. The Morgan fingerprint density at radius 1 is 1.07 bits per heavy atom. The van der Waals surface area contributed by atoms with Gasteiger partial charge in [-0.05, 0) is 48.6 Å². The van der Waals surface area contributed by atoms with Gasteiger partial charge in [-0.15, -0.1) is 0 Å². The van der Waals surface area contributed by atoms with E-state index < -0.39 is 0 Å². The smallest absolute Gasteiger partial charge is 0.289 e. The third-order valence-electron chi connectivity index (χ3n) is 5.40. The second-order valence-corrected chi connectivity index (χ2v) is 7.93. The van der Waals surface area contributed by atoms with Crippen molar-refractivity contribution in [3.8, 4) is 0 Å². The van der Waals surface area contributed by atoms with Gasteiger partial charge in [-0.2, -0.15) is 0 Å². The van der Waals surface area contributed by atoms with E-state index in [9.17, 15) is 9.59 Å². The van der Waals surface area contributed by atoms with Crippen LogP contribution in [-0.2, 0) is 11.2 Å². The minimum atomic E-state index is -0.0635. The highest BCUT2D eigenvalue weighted by Gasteiger charge is 2.26. The van der Waals surface area contributed by atoms with Crippen LogP contribution in [0.2, 0.25) is 5.02 Å². The number of likely N-dealkylation sites (tertiary alicyclic amines) is 1. The molecule has 29 heavy (non-hydrogen) atoms. The summed E-state index contributed by atoms with van der Waals surface area (Å²) in [5.41, 5.74) is 1.67. The van der Waals surface area contributed by atoms with Crippen molar-refractivity contribution in [2.45, 2.75) is 19.3 Å². The highest BCUT2D eigenvalue weighted by molar-refractivity contribution is 6.30. The van der Waals surface area contributed by atoms with Crippen LogP contribution in [0.15, 0.2) is 59.0 Å². The van der Waals surface area contributed by atoms with Crippen molar-refractivity contribution in [3.05, 3.63) is 70.9 Å². The number of carbonyl (C=O) groups excluding carboxylic acids is 2. The fourth-order valence-corrected chi connectivity index (χ4v) is 3.82. The van der Waals surface area contributed by atoms with Crippen LogP contribution in [0.5, 0.6) is 0 Å². The minimum Gasteiger partial charge on any atom is -0.451 e. The van der Waals surface area contributed by atoms with Gasteiger partial charge in [-0.1, -0.05) is 41.9 Å². The van der Waals surface area contributed by atoms with Crippen LogP contribution in [0.4, 0.5) is 0 Å². The molecule has 0 unspecified atom stereocenters. The van der Waals surface area contributed by atoms with Gasteiger partial charge in [0.15, 0.2) is 5.76 Å². The maximum atomic E-state index is 12.7. The van der Waals surface area contributed by atoms with Crippen molar-refractivity contribution in [2.24, 2.45) is 5.92 Å². The van der Waals surface area contributed by atoms with Gasteiger partial charge in [-0.25, -0.2) is 0 Å². The quantitative estimate of drug-likeness (QED) is 0.682. The van der Waals surface area contributed by atoms with Gasteiger partial charge in [0.1, 0.15) is 5.58 Å². The first-order valence-electron chi connectivity index (χ1n) is 9.87. The molecule has 0 bridgehead atoms. The zero-order chi connectivity index (χ0) is 20.2. The summed E-state index contributed by atoms with van der Waals surface area (Å²) in [6, 6.07) is 16.7. The van der Waals surface area contributed by atoms with E-state index >= 15 is 0 Å². The fourth-order valence-electron chi connectivity index (χ4n) is 3.69. The van der Waals surface area contributed by atoms with Crippen LogP contribution < -0.4 is 5.32 Å². The van der Waals surface area contributed by atoms with Gasteiger partial charge in [0.2, 0.25) is 5.91 Å². The molecule has 0 atom stereocenters. The summed E-state index contributed by atoms with van der Waals surface area (Å²) in [5, 5.41) is 4.62. The Bertz CT molecular complexity index is 971. The number of amides is 2. The predicted molar refractivity (Wildman–Crippen MR) is 113 cm³/mol. The number of rotatable bonds is 5. The summed E-state index contributed by atoms with van der Waals surface area (Å²) in [6.45, 7) is 1.99. The molecule has 150 valence electrons. The third-order valence-corrected chi connectivity index (χ3v) is 5.66. The summed E-state index contributed by atoms with van der Waals surface area (Å²) >= 11 is 5.87. The molecule has 2 amide bonds. The Kier molecular flexibility index (Phi) is 5.86. The number of benzene rings is 2. The molecule has 1 aliphatic heterocycles. The number of nitrogens with zero attached hydrogens (tertiary/aromatic N) is 1. The van der Waals surface area contributed by atoms with Crippen molar-refractivity contribution >= 4 is 34.4 Å². The number of para-hydroxylation sites is 1. The number of furan rings is 1. The molecule has 0 radical (unpaired) electrons. The van der Waals surface area contributed by atoms with E-state index in [-0.39, 0.29) is 11.8 Å². The Balaban J connectivity index is 1.24. The maximum Gasteiger partial charge on any atom is 0.289 e. The SMILES string of the molecule is O=C(Cc1ccc(Cl)cc1)NCC1CCN(C(=O)c2cc3ccccc3o2)CC1. The van der Waals surface area contributed by atoms with Crippen molar-refractivity contribution in [1.82, 2.24) is 10.2 Å². The molecule has 6 heteroatoms. The van der Waals surface area contributed by atoms with Crippen molar-refractivity contribution in [3.63, 3.8) is 0 Å². The third kappa shape index (κ3) is 4.80. The lowest BCUT2D eigenvalue weighted by molar-refractivity contribution is -0.120.